The molecule has 0 spiro atoms. The van der Waals surface area contributed by atoms with Crippen molar-refractivity contribution in [3.8, 4) is 0 Å². The molecule has 3 heteroatoms. The monoisotopic (exact) mass is 145 g/mol. The summed E-state index contributed by atoms with van der Waals surface area (Å²) in [4.78, 5) is 3.90. The molecule has 1 aromatic carbocycles. The molecule has 1 radical (unpaired) electrons. The molecular weight excluding hydrogens is 140 g/mol. The summed E-state index contributed by atoms with van der Waals surface area (Å²) in [6.45, 7) is 0. The van der Waals surface area contributed by atoms with Gasteiger partial charge in [0.2, 0.25) is 11.7 Å². The van der Waals surface area contributed by atoms with Crippen LogP contribution in [0.2, 0.25) is 0 Å². The van der Waals surface area contributed by atoms with Gasteiger partial charge in [0.1, 0.15) is 5.52 Å². The number of fused-ring (bicyclic) bond motifs is 1. The predicted octanol–water partition coefficient (Wildman–Crippen LogP) is 0.668. The number of para-hydroxylation sites is 2. The van der Waals surface area contributed by atoms with E-state index >= 15 is 0 Å². The van der Waals surface area contributed by atoms with Crippen molar-refractivity contribution in [1.29, 1.82) is 0 Å². The largest absolute Gasteiger partial charge is 0.618 e. The van der Waals surface area contributed by atoms with Crippen LogP contribution in [-0.2, 0) is 0 Å². The second-order valence-corrected chi connectivity index (χ2v) is 2.18. The molecule has 0 aliphatic heterocycles. The van der Waals surface area contributed by atoms with Crippen molar-refractivity contribution in [2.45, 2.75) is 0 Å². The van der Waals surface area contributed by atoms with Crippen molar-refractivity contribution >= 4 is 11.0 Å². The number of benzene rings is 1. The fourth-order valence-corrected chi connectivity index (χ4v) is 0.965. The van der Waals surface area contributed by atoms with E-state index in [0.29, 0.717) is 11.0 Å². The summed E-state index contributed by atoms with van der Waals surface area (Å²) in [7, 11) is 0. The van der Waals surface area contributed by atoms with Crippen LogP contribution >= 0.6 is 0 Å². The molecule has 2 rings (SSSR count). The van der Waals surface area contributed by atoms with Crippen LogP contribution < -0.4 is 4.73 Å². The lowest BCUT2D eigenvalue weighted by Crippen LogP contribution is -2.26. The SMILES string of the molecule is [O-][n+]1c[c]nc2ccccc21. The van der Waals surface area contributed by atoms with Gasteiger partial charge in [0, 0.05) is 6.07 Å². The fourth-order valence-electron chi connectivity index (χ4n) is 0.965. The van der Waals surface area contributed by atoms with Crippen LogP contribution in [0.3, 0.4) is 0 Å². The number of aromatic nitrogens is 2. The Balaban J connectivity index is 2.91. The van der Waals surface area contributed by atoms with E-state index in [0.717, 1.165) is 4.73 Å². The van der Waals surface area contributed by atoms with Crippen LogP contribution in [-0.4, -0.2) is 4.98 Å². The van der Waals surface area contributed by atoms with Crippen molar-refractivity contribution < 1.29 is 4.73 Å². The first-order chi connectivity index (χ1) is 5.38. The minimum atomic E-state index is 0.575. The minimum absolute atomic E-state index is 0.575. The van der Waals surface area contributed by atoms with E-state index in [2.05, 4.69) is 11.2 Å². The highest BCUT2D eigenvalue weighted by Crippen LogP contribution is 2.02. The van der Waals surface area contributed by atoms with E-state index in [4.69, 9.17) is 0 Å². The number of rotatable bonds is 0. The summed E-state index contributed by atoms with van der Waals surface area (Å²) in [5.74, 6) is 0. The van der Waals surface area contributed by atoms with Crippen molar-refractivity contribution in [1.82, 2.24) is 4.98 Å². The molecule has 0 N–H and O–H groups in total. The summed E-state index contributed by atoms with van der Waals surface area (Å²) in [5.41, 5.74) is 1.25. The third kappa shape index (κ3) is 0.902. The van der Waals surface area contributed by atoms with E-state index < -0.39 is 0 Å². The third-order valence-corrected chi connectivity index (χ3v) is 1.48. The van der Waals surface area contributed by atoms with E-state index in [1.54, 1.807) is 18.2 Å². The standard InChI is InChI=1S/C8H5N2O/c11-10-6-5-9-7-3-1-2-4-8(7)10/h1-4,6H. The second-order valence-electron chi connectivity index (χ2n) is 2.18. The Morgan fingerprint density at radius 1 is 1.36 bits per heavy atom. The maximum atomic E-state index is 11.0. The van der Waals surface area contributed by atoms with Crippen molar-refractivity contribution in [2.24, 2.45) is 0 Å². The summed E-state index contributed by atoms with van der Waals surface area (Å²) in [6.07, 6.45) is 3.77. The zero-order valence-corrected chi connectivity index (χ0v) is 5.69. The summed E-state index contributed by atoms with van der Waals surface area (Å²) >= 11 is 0. The molecule has 0 saturated carbocycles. The van der Waals surface area contributed by atoms with E-state index in [1.807, 2.05) is 6.07 Å². The average Bonchev–Trinajstić information content (AvgIpc) is 2.06. The van der Waals surface area contributed by atoms with Gasteiger partial charge in [0.25, 0.3) is 0 Å². The average molecular weight is 145 g/mol. The zero-order chi connectivity index (χ0) is 7.68. The Kier molecular flexibility index (Phi) is 1.22. The van der Waals surface area contributed by atoms with Gasteiger partial charge in [-0.25, -0.2) is 4.98 Å². The third-order valence-electron chi connectivity index (χ3n) is 1.48. The topological polar surface area (TPSA) is 39.8 Å². The van der Waals surface area contributed by atoms with Gasteiger partial charge in [-0.15, -0.1) is 0 Å². The lowest BCUT2D eigenvalue weighted by Gasteiger charge is -1.97. The Morgan fingerprint density at radius 3 is 3.00 bits per heavy atom. The zero-order valence-electron chi connectivity index (χ0n) is 5.69. The highest BCUT2D eigenvalue weighted by Gasteiger charge is 2.00. The van der Waals surface area contributed by atoms with Crippen molar-refractivity contribution in [3.63, 3.8) is 0 Å². The molecule has 0 atom stereocenters. The minimum Gasteiger partial charge on any atom is -0.618 e. The van der Waals surface area contributed by atoms with Gasteiger partial charge in [-0.3, -0.25) is 0 Å². The fraction of sp³-hybridized carbons (Fsp3) is 0. The van der Waals surface area contributed by atoms with Gasteiger partial charge in [-0.1, -0.05) is 12.1 Å². The van der Waals surface area contributed by atoms with Gasteiger partial charge in [0.15, 0.2) is 6.20 Å². The van der Waals surface area contributed by atoms with Gasteiger partial charge in [-0.2, -0.15) is 4.73 Å². The molecular formula is C8H5N2O. The van der Waals surface area contributed by atoms with E-state index in [-0.39, 0.29) is 0 Å². The highest BCUT2D eigenvalue weighted by molar-refractivity contribution is 5.69. The Bertz CT molecular complexity index is 381. The first-order valence-corrected chi connectivity index (χ1v) is 3.23. The summed E-state index contributed by atoms with van der Waals surface area (Å²) in [6, 6.07) is 7.14. The van der Waals surface area contributed by atoms with Crippen LogP contribution in [0.1, 0.15) is 0 Å². The Morgan fingerprint density at radius 2 is 2.18 bits per heavy atom. The van der Waals surface area contributed by atoms with Gasteiger partial charge in [-0.05, 0) is 6.07 Å². The molecule has 0 saturated heterocycles. The molecule has 0 amide bonds. The van der Waals surface area contributed by atoms with Crippen LogP contribution in [0.15, 0.2) is 30.5 Å². The van der Waals surface area contributed by atoms with Crippen LogP contribution in [0.5, 0.6) is 0 Å². The molecule has 0 aliphatic rings. The number of hydrogen-bond donors (Lipinski definition) is 0. The molecule has 53 valence electrons. The van der Waals surface area contributed by atoms with Crippen LogP contribution in [0.4, 0.5) is 0 Å². The molecule has 0 fully saturated rings. The van der Waals surface area contributed by atoms with Crippen LogP contribution in [0, 0.1) is 11.4 Å². The van der Waals surface area contributed by atoms with Gasteiger partial charge < -0.3 is 5.21 Å². The highest BCUT2D eigenvalue weighted by atomic mass is 16.5. The Hall–Kier alpha value is -1.64. The van der Waals surface area contributed by atoms with Gasteiger partial charge >= 0.3 is 0 Å². The molecule has 0 bridgehead atoms. The number of nitrogens with zero attached hydrogens (tertiary/aromatic N) is 2. The van der Waals surface area contributed by atoms with Gasteiger partial charge in [0.05, 0.1) is 0 Å². The summed E-state index contributed by atoms with van der Waals surface area (Å²) < 4.78 is 0.752. The molecule has 1 aromatic heterocycles. The molecule has 0 unspecified atom stereocenters. The predicted molar refractivity (Wildman–Crippen MR) is 39.5 cm³/mol. The van der Waals surface area contributed by atoms with Crippen LogP contribution in [0.25, 0.3) is 11.0 Å². The first-order valence-electron chi connectivity index (χ1n) is 3.23. The maximum absolute atomic E-state index is 11.0. The van der Waals surface area contributed by atoms with E-state index in [9.17, 15) is 5.21 Å². The molecule has 1 heterocycles. The molecule has 2 aromatic rings. The molecule has 3 nitrogen and oxygen atoms in total. The van der Waals surface area contributed by atoms with Crippen molar-refractivity contribution in [2.75, 3.05) is 0 Å². The lowest BCUT2D eigenvalue weighted by atomic mass is 10.3. The Labute approximate surface area is 63.5 Å². The quantitative estimate of drug-likeness (QED) is 0.403. The number of hydrogen-bond acceptors (Lipinski definition) is 2. The maximum Gasteiger partial charge on any atom is 0.242 e. The smallest absolute Gasteiger partial charge is 0.242 e. The molecule has 11 heavy (non-hydrogen) atoms. The summed E-state index contributed by atoms with van der Waals surface area (Å²) in [5, 5.41) is 11.0. The lowest BCUT2D eigenvalue weighted by molar-refractivity contribution is -0.577. The van der Waals surface area contributed by atoms with Crippen molar-refractivity contribution in [3.05, 3.63) is 41.9 Å². The molecule has 0 aliphatic carbocycles. The first kappa shape index (κ1) is 6.09. The van der Waals surface area contributed by atoms with E-state index in [1.165, 1.54) is 6.20 Å². The normalized spacial score (nSPS) is 10.2. The second kappa shape index (κ2) is 2.20.